The second-order valence-corrected chi connectivity index (χ2v) is 6.13. The maximum absolute atomic E-state index is 11.7. The monoisotopic (exact) mass is 250 g/mol. The van der Waals surface area contributed by atoms with Gasteiger partial charge in [-0.25, -0.2) is 0 Å². The highest BCUT2D eigenvalue weighted by atomic mass is 16.2. The van der Waals surface area contributed by atoms with Crippen molar-refractivity contribution in [1.29, 1.82) is 0 Å². The third-order valence-corrected chi connectivity index (χ3v) is 4.26. The minimum Gasteiger partial charge on any atom is -0.353 e. The number of rotatable bonds is 4. The predicted molar refractivity (Wildman–Crippen MR) is 67.8 cm³/mol. The number of carbonyl (C=O) groups is 2. The van der Waals surface area contributed by atoms with Crippen LogP contribution in [0.1, 0.15) is 51.4 Å². The van der Waals surface area contributed by atoms with Crippen LogP contribution in [0.5, 0.6) is 0 Å². The molecule has 2 amide bonds. The van der Waals surface area contributed by atoms with E-state index in [1.807, 2.05) is 0 Å². The molecule has 2 atom stereocenters. The highest BCUT2D eigenvalue weighted by Gasteiger charge is 2.34. The zero-order chi connectivity index (χ0) is 12.5. The first-order valence-electron chi connectivity index (χ1n) is 7.33. The molecule has 2 N–H and O–H groups in total. The molecule has 3 fully saturated rings. The van der Waals surface area contributed by atoms with Gasteiger partial charge >= 0.3 is 0 Å². The Balaban J connectivity index is 1.45. The van der Waals surface area contributed by atoms with Gasteiger partial charge in [-0.3, -0.25) is 9.59 Å². The van der Waals surface area contributed by atoms with Crippen LogP contribution in [0, 0.1) is 11.8 Å². The molecule has 0 heterocycles. The van der Waals surface area contributed by atoms with Gasteiger partial charge in [-0.1, -0.05) is 0 Å². The maximum atomic E-state index is 11.7. The molecule has 100 valence electrons. The van der Waals surface area contributed by atoms with E-state index in [1.165, 1.54) is 0 Å². The van der Waals surface area contributed by atoms with Gasteiger partial charge in [-0.15, -0.1) is 0 Å². The summed E-state index contributed by atoms with van der Waals surface area (Å²) in [5.41, 5.74) is 0. The van der Waals surface area contributed by atoms with Crippen molar-refractivity contribution < 1.29 is 9.59 Å². The number of hydrogen-bond acceptors (Lipinski definition) is 2. The van der Waals surface area contributed by atoms with Crippen LogP contribution in [0.25, 0.3) is 0 Å². The van der Waals surface area contributed by atoms with Crippen molar-refractivity contribution in [3.8, 4) is 0 Å². The van der Waals surface area contributed by atoms with Crippen molar-refractivity contribution in [2.24, 2.45) is 11.8 Å². The number of nitrogens with one attached hydrogen (secondary N) is 2. The number of hydrogen-bond donors (Lipinski definition) is 2. The summed E-state index contributed by atoms with van der Waals surface area (Å²) in [4.78, 5) is 23.4. The average molecular weight is 250 g/mol. The third-order valence-electron chi connectivity index (χ3n) is 4.26. The first kappa shape index (κ1) is 12.0. The van der Waals surface area contributed by atoms with E-state index in [0.717, 1.165) is 51.4 Å². The largest absolute Gasteiger partial charge is 0.353 e. The Bertz CT molecular complexity index is 316. The molecule has 4 heteroatoms. The molecule has 0 aromatic carbocycles. The zero-order valence-corrected chi connectivity index (χ0v) is 10.8. The van der Waals surface area contributed by atoms with Gasteiger partial charge in [-0.2, -0.15) is 0 Å². The van der Waals surface area contributed by atoms with E-state index in [4.69, 9.17) is 0 Å². The smallest absolute Gasteiger partial charge is 0.223 e. The van der Waals surface area contributed by atoms with Crippen molar-refractivity contribution in [2.45, 2.75) is 63.5 Å². The molecule has 0 spiro atoms. The molecule has 3 saturated carbocycles. The van der Waals surface area contributed by atoms with Gasteiger partial charge < -0.3 is 10.6 Å². The molecule has 18 heavy (non-hydrogen) atoms. The van der Waals surface area contributed by atoms with Crippen LogP contribution < -0.4 is 10.6 Å². The van der Waals surface area contributed by atoms with E-state index in [0.29, 0.717) is 0 Å². The molecule has 4 nitrogen and oxygen atoms in total. The van der Waals surface area contributed by atoms with Gasteiger partial charge in [-0.05, 0) is 51.4 Å². The summed E-state index contributed by atoms with van der Waals surface area (Å²) in [5, 5.41) is 6.28. The summed E-state index contributed by atoms with van der Waals surface area (Å²) in [6.07, 6.45) is 8.37. The molecule has 0 saturated heterocycles. The molecule has 2 unspecified atom stereocenters. The fourth-order valence-electron chi connectivity index (χ4n) is 2.78. The lowest BCUT2D eigenvalue weighted by Gasteiger charge is -2.30. The maximum Gasteiger partial charge on any atom is 0.223 e. The quantitative estimate of drug-likeness (QED) is 0.791. The fraction of sp³-hybridized carbons (Fsp3) is 0.857. The summed E-state index contributed by atoms with van der Waals surface area (Å²) >= 11 is 0. The molecule has 0 aliphatic heterocycles. The van der Waals surface area contributed by atoms with Gasteiger partial charge in [0.25, 0.3) is 0 Å². The molecule has 3 rings (SSSR count). The van der Waals surface area contributed by atoms with Crippen molar-refractivity contribution >= 4 is 11.8 Å². The SMILES string of the molecule is O=C(NC1CCCC(NC(=O)C2CC2)C1)C1CC1. The second-order valence-electron chi connectivity index (χ2n) is 6.13. The molecule has 0 aromatic heterocycles. The second kappa shape index (κ2) is 4.90. The minimum atomic E-state index is 0.231. The van der Waals surface area contributed by atoms with Crippen LogP contribution in [-0.2, 0) is 9.59 Å². The van der Waals surface area contributed by atoms with Crippen LogP contribution in [0.15, 0.2) is 0 Å². The van der Waals surface area contributed by atoms with Crippen LogP contribution in [-0.4, -0.2) is 23.9 Å². The minimum absolute atomic E-state index is 0.231. The van der Waals surface area contributed by atoms with E-state index in [9.17, 15) is 9.59 Å². The van der Waals surface area contributed by atoms with Crippen LogP contribution >= 0.6 is 0 Å². The normalized spacial score (nSPS) is 31.8. The topological polar surface area (TPSA) is 58.2 Å². The summed E-state index contributed by atoms with van der Waals surface area (Å²) in [6, 6.07) is 0.549. The summed E-state index contributed by atoms with van der Waals surface area (Å²) in [7, 11) is 0. The lowest BCUT2D eigenvalue weighted by Crippen LogP contribution is -2.46. The van der Waals surface area contributed by atoms with Gasteiger partial charge in [0.2, 0.25) is 11.8 Å². The summed E-state index contributed by atoms with van der Waals surface area (Å²) < 4.78 is 0. The molecule has 0 radical (unpaired) electrons. The van der Waals surface area contributed by atoms with Crippen molar-refractivity contribution in [3.63, 3.8) is 0 Å². The fourth-order valence-corrected chi connectivity index (χ4v) is 2.78. The van der Waals surface area contributed by atoms with E-state index < -0.39 is 0 Å². The van der Waals surface area contributed by atoms with Crippen molar-refractivity contribution in [3.05, 3.63) is 0 Å². The highest BCUT2D eigenvalue weighted by molar-refractivity contribution is 5.81. The molecule has 0 bridgehead atoms. The zero-order valence-electron chi connectivity index (χ0n) is 10.8. The highest BCUT2D eigenvalue weighted by Crippen LogP contribution is 2.31. The Morgan fingerprint density at radius 1 is 0.722 bits per heavy atom. The number of carbonyl (C=O) groups excluding carboxylic acids is 2. The Morgan fingerprint density at radius 3 is 1.56 bits per heavy atom. The van der Waals surface area contributed by atoms with Gasteiger partial charge in [0.1, 0.15) is 0 Å². The lowest BCUT2D eigenvalue weighted by atomic mass is 9.90. The van der Waals surface area contributed by atoms with Crippen LogP contribution in [0.3, 0.4) is 0 Å². The Labute approximate surface area is 108 Å². The molecular weight excluding hydrogens is 228 g/mol. The molecular formula is C14H22N2O2. The van der Waals surface area contributed by atoms with Crippen LogP contribution in [0.4, 0.5) is 0 Å². The first-order valence-corrected chi connectivity index (χ1v) is 7.33. The van der Waals surface area contributed by atoms with Gasteiger partial charge in [0, 0.05) is 23.9 Å². The van der Waals surface area contributed by atoms with Gasteiger partial charge in [0.15, 0.2) is 0 Å². The van der Waals surface area contributed by atoms with E-state index >= 15 is 0 Å². The summed E-state index contributed by atoms with van der Waals surface area (Å²) in [5.74, 6) is 1.03. The van der Waals surface area contributed by atoms with E-state index in [1.54, 1.807) is 0 Å². The Morgan fingerprint density at radius 2 is 1.17 bits per heavy atom. The van der Waals surface area contributed by atoms with E-state index in [2.05, 4.69) is 10.6 Å². The van der Waals surface area contributed by atoms with Gasteiger partial charge in [0.05, 0.1) is 0 Å². The molecule has 0 aromatic rings. The molecule has 3 aliphatic rings. The first-order chi connectivity index (χ1) is 8.72. The number of amides is 2. The van der Waals surface area contributed by atoms with E-state index in [-0.39, 0.29) is 35.7 Å². The Hall–Kier alpha value is -1.06. The Kier molecular flexibility index (Phi) is 3.27. The summed E-state index contributed by atoms with van der Waals surface area (Å²) in [6.45, 7) is 0. The van der Waals surface area contributed by atoms with Crippen LogP contribution in [0.2, 0.25) is 0 Å². The van der Waals surface area contributed by atoms with Crippen molar-refractivity contribution in [2.75, 3.05) is 0 Å². The average Bonchev–Trinajstić information content (AvgIpc) is 3.19. The van der Waals surface area contributed by atoms with Crippen molar-refractivity contribution in [1.82, 2.24) is 10.6 Å². The predicted octanol–water partition coefficient (Wildman–Crippen LogP) is 1.35. The standard InChI is InChI=1S/C14H22N2O2/c17-13(9-4-5-9)15-11-2-1-3-12(8-11)16-14(18)10-6-7-10/h9-12H,1-8H2,(H,15,17)(H,16,18). The lowest BCUT2D eigenvalue weighted by molar-refractivity contribution is -0.123. The third kappa shape index (κ3) is 3.03. The molecule has 3 aliphatic carbocycles.